The summed E-state index contributed by atoms with van der Waals surface area (Å²) in [5, 5.41) is 10.3. The lowest BCUT2D eigenvalue weighted by atomic mass is 9.98. The first-order valence-corrected chi connectivity index (χ1v) is 10.8. The van der Waals surface area contributed by atoms with Gasteiger partial charge in [0.2, 0.25) is 5.82 Å². The molecule has 1 amide bonds. The molecular weight excluding hydrogens is 370 g/mol. The largest absolute Gasteiger partial charge is 0.334 e. The topological polar surface area (TPSA) is 63.1 Å². The van der Waals surface area contributed by atoms with Crippen LogP contribution in [0.25, 0.3) is 16.4 Å². The standard InChI is InChI=1S/C21H23N5OS/c27-21(25-12-11-15-6-4-7-16(14-25)22-15)19-23-20(18-10-5-13-28-18)26(24-19)17-8-2-1-3-9-17/h1-3,5,8-10,13,15-16,22H,4,6-7,11-12,14H2. The number of piperidine rings is 1. The van der Waals surface area contributed by atoms with E-state index in [9.17, 15) is 4.79 Å². The van der Waals surface area contributed by atoms with Gasteiger partial charge in [-0.3, -0.25) is 4.79 Å². The Morgan fingerprint density at radius 2 is 1.93 bits per heavy atom. The fourth-order valence-electron chi connectivity index (χ4n) is 4.19. The lowest BCUT2D eigenvalue weighted by molar-refractivity contribution is 0.0740. The van der Waals surface area contributed by atoms with E-state index in [1.807, 2.05) is 52.7 Å². The minimum absolute atomic E-state index is 0.0677. The lowest BCUT2D eigenvalue weighted by Gasteiger charge is -2.28. The Morgan fingerprint density at radius 1 is 1.07 bits per heavy atom. The normalized spacial score (nSPS) is 22.1. The van der Waals surface area contributed by atoms with Crippen molar-refractivity contribution < 1.29 is 4.79 Å². The summed E-state index contributed by atoms with van der Waals surface area (Å²) in [7, 11) is 0. The van der Waals surface area contributed by atoms with Crippen molar-refractivity contribution in [1.82, 2.24) is 25.0 Å². The molecule has 7 heteroatoms. The molecule has 5 rings (SSSR count). The second kappa shape index (κ2) is 7.48. The van der Waals surface area contributed by atoms with E-state index in [1.165, 1.54) is 12.8 Å². The summed E-state index contributed by atoms with van der Waals surface area (Å²) in [5.74, 6) is 0.932. The minimum Gasteiger partial charge on any atom is -0.334 e. The molecule has 1 N–H and O–H groups in total. The average molecular weight is 394 g/mol. The predicted octanol–water partition coefficient (Wildman–Crippen LogP) is 3.35. The third kappa shape index (κ3) is 3.36. The van der Waals surface area contributed by atoms with Gasteiger partial charge in [-0.2, -0.15) is 0 Å². The summed E-state index contributed by atoms with van der Waals surface area (Å²) in [6, 6.07) is 14.8. The van der Waals surface area contributed by atoms with E-state index in [1.54, 1.807) is 16.0 Å². The summed E-state index contributed by atoms with van der Waals surface area (Å²) < 4.78 is 1.79. The molecular formula is C21H23N5OS. The Bertz CT molecular complexity index is 953. The first kappa shape index (κ1) is 17.6. The van der Waals surface area contributed by atoms with Crippen LogP contribution in [0, 0.1) is 0 Å². The van der Waals surface area contributed by atoms with Gasteiger partial charge in [0.15, 0.2) is 5.82 Å². The van der Waals surface area contributed by atoms with E-state index in [-0.39, 0.29) is 11.7 Å². The highest BCUT2D eigenvalue weighted by atomic mass is 32.1. The van der Waals surface area contributed by atoms with E-state index >= 15 is 0 Å². The Labute approximate surface area is 168 Å². The minimum atomic E-state index is -0.0677. The molecule has 28 heavy (non-hydrogen) atoms. The molecule has 2 aliphatic heterocycles. The number of fused-ring (bicyclic) bond motifs is 2. The number of hydrogen-bond acceptors (Lipinski definition) is 5. The van der Waals surface area contributed by atoms with Gasteiger partial charge in [-0.05, 0) is 42.8 Å². The van der Waals surface area contributed by atoms with E-state index < -0.39 is 0 Å². The number of nitrogens with zero attached hydrogens (tertiary/aromatic N) is 4. The number of benzene rings is 1. The number of carbonyl (C=O) groups excluding carboxylic acids is 1. The van der Waals surface area contributed by atoms with Crippen molar-refractivity contribution in [3.63, 3.8) is 0 Å². The van der Waals surface area contributed by atoms with Gasteiger partial charge in [-0.15, -0.1) is 16.4 Å². The number of nitrogens with one attached hydrogen (secondary N) is 1. The summed E-state index contributed by atoms with van der Waals surface area (Å²) in [5.41, 5.74) is 0.908. The van der Waals surface area contributed by atoms with Gasteiger partial charge in [0, 0.05) is 25.2 Å². The van der Waals surface area contributed by atoms with Crippen molar-refractivity contribution in [1.29, 1.82) is 0 Å². The SMILES string of the molecule is O=C(c1nc(-c2cccs2)n(-c2ccccc2)n1)N1CCC2CCCC(C1)N2. The number of amides is 1. The monoisotopic (exact) mass is 393 g/mol. The zero-order valence-electron chi connectivity index (χ0n) is 15.6. The van der Waals surface area contributed by atoms with Gasteiger partial charge in [-0.1, -0.05) is 30.7 Å². The van der Waals surface area contributed by atoms with Crippen LogP contribution in [0.1, 0.15) is 36.3 Å². The van der Waals surface area contributed by atoms with Crippen LogP contribution < -0.4 is 5.32 Å². The molecule has 2 aliphatic rings. The maximum absolute atomic E-state index is 13.3. The molecule has 0 aliphatic carbocycles. The smallest absolute Gasteiger partial charge is 0.293 e. The second-order valence-electron chi connectivity index (χ2n) is 7.51. The first-order chi connectivity index (χ1) is 13.8. The van der Waals surface area contributed by atoms with Crippen LogP contribution in [0.3, 0.4) is 0 Å². The molecule has 1 aromatic carbocycles. The Balaban J connectivity index is 1.49. The zero-order chi connectivity index (χ0) is 18.9. The summed E-state index contributed by atoms with van der Waals surface area (Å²) in [4.78, 5) is 20.9. The summed E-state index contributed by atoms with van der Waals surface area (Å²) in [6.45, 7) is 1.50. The molecule has 2 aromatic heterocycles. The highest BCUT2D eigenvalue weighted by molar-refractivity contribution is 7.13. The van der Waals surface area contributed by atoms with Gasteiger partial charge in [0.05, 0.1) is 10.6 Å². The van der Waals surface area contributed by atoms with Crippen molar-refractivity contribution in [2.75, 3.05) is 13.1 Å². The van der Waals surface area contributed by atoms with Gasteiger partial charge in [0.25, 0.3) is 5.91 Å². The van der Waals surface area contributed by atoms with Crippen LogP contribution in [0.2, 0.25) is 0 Å². The van der Waals surface area contributed by atoms with Gasteiger partial charge in [-0.25, -0.2) is 9.67 Å². The van der Waals surface area contributed by atoms with E-state index in [0.29, 0.717) is 12.1 Å². The van der Waals surface area contributed by atoms with Crippen molar-refractivity contribution in [3.8, 4) is 16.4 Å². The van der Waals surface area contributed by atoms with Crippen molar-refractivity contribution in [2.45, 2.75) is 37.8 Å². The van der Waals surface area contributed by atoms with Crippen LogP contribution in [-0.4, -0.2) is 50.7 Å². The van der Waals surface area contributed by atoms with Gasteiger partial charge in [0.1, 0.15) is 0 Å². The molecule has 2 unspecified atom stereocenters. The van der Waals surface area contributed by atoms with E-state index in [2.05, 4.69) is 15.4 Å². The molecule has 0 radical (unpaired) electrons. The highest BCUT2D eigenvalue weighted by Gasteiger charge is 2.31. The molecule has 2 fully saturated rings. The van der Waals surface area contributed by atoms with Gasteiger partial charge < -0.3 is 10.2 Å². The Kier molecular flexibility index (Phi) is 4.70. The first-order valence-electron chi connectivity index (χ1n) is 9.89. The summed E-state index contributed by atoms with van der Waals surface area (Å²) in [6.07, 6.45) is 4.59. The maximum atomic E-state index is 13.3. The fourth-order valence-corrected chi connectivity index (χ4v) is 4.89. The predicted molar refractivity (Wildman–Crippen MR) is 110 cm³/mol. The molecule has 144 valence electrons. The second-order valence-corrected chi connectivity index (χ2v) is 8.46. The lowest BCUT2D eigenvalue weighted by Crippen LogP contribution is -2.45. The van der Waals surface area contributed by atoms with E-state index in [0.717, 1.165) is 42.3 Å². The third-order valence-corrected chi connectivity index (χ3v) is 6.46. The van der Waals surface area contributed by atoms with Crippen molar-refractivity contribution in [3.05, 3.63) is 53.7 Å². The molecule has 2 atom stereocenters. The van der Waals surface area contributed by atoms with E-state index in [4.69, 9.17) is 0 Å². The average Bonchev–Trinajstić information content (AvgIpc) is 3.38. The van der Waals surface area contributed by atoms with Gasteiger partial charge >= 0.3 is 0 Å². The van der Waals surface area contributed by atoms with Crippen molar-refractivity contribution >= 4 is 17.2 Å². The number of rotatable bonds is 3. The molecule has 2 saturated heterocycles. The fraction of sp³-hybridized carbons (Fsp3) is 0.381. The Morgan fingerprint density at radius 3 is 2.75 bits per heavy atom. The molecule has 2 bridgehead atoms. The number of carbonyl (C=O) groups is 1. The quantitative estimate of drug-likeness (QED) is 0.741. The molecule has 4 heterocycles. The number of para-hydroxylation sites is 1. The van der Waals surface area contributed by atoms with Crippen LogP contribution in [-0.2, 0) is 0 Å². The maximum Gasteiger partial charge on any atom is 0.293 e. The van der Waals surface area contributed by atoms with Crippen LogP contribution >= 0.6 is 11.3 Å². The molecule has 3 aromatic rings. The third-order valence-electron chi connectivity index (χ3n) is 5.59. The Hall–Kier alpha value is -2.51. The van der Waals surface area contributed by atoms with Crippen LogP contribution in [0.15, 0.2) is 47.8 Å². The number of hydrogen-bond donors (Lipinski definition) is 1. The molecule has 0 spiro atoms. The number of aromatic nitrogens is 3. The van der Waals surface area contributed by atoms with Crippen LogP contribution in [0.5, 0.6) is 0 Å². The van der Waals surface area contributed by atoms with Crippen LogP contribution in [0.4, 0.5) is 0 Å². The van der Waals surface area contributed by atoms with Crippen molar-refractivity contribution in [2.24, 2.45) is 0 Å². The molecule has 6 nitrogen and oxygen atoms in total. The number of thiophene rings is 1. The summed E-state index contributed by atoms with van der Waals surface area (Å²) >= 11 is 1.60. The zero-order valence-corrected chi connectivity index (χ0v) is 16.4. The highest BCUT2D eigenvalue weighted by Crippen LogP contribution is 2.26. The molecule has 0 saturated carbocycles.